The van der Waals surface area contributed by atoms with Gasteiger partial charge in [0.1, 0.15) is 0 Å². The maximum Gasteiger partial charge on any atom is 0.0113 e. The van der Waals surface area contributed by atoms with Gasteiger partial charge in [0.25, 0.3) is 0 Å². The second kappa shape index (κ2) is 2.46. The smallest absolute Gasteiger partial charge is 0.0113 e. The van der Waals surface area contributed by atoms with E-state index >= 15 is 0 Å². The first kappa shape index (κ1) is 8.52. The molecule has 2 aliphatic rings. The molecule has 0 heterocycles. The van der Waals surface area contributed by atoms with E-state index in [0.717, 1.165) is 11.8 Å². The van der Waals surface area contributed by atoms with Gasteiger partial charge in [-0.25, -0.2) is 0 Å². The van der Waals surface area contributed by atoms with Gasteiger partial charge in [-0.15, -0.1) is 0 Å². The first-order valence-corrected chi connectivity index (χ1v) is 5.07. The number of hydrogen-bond acceptors (Lipinski definition) is 2. The molecule has 0 amide bonds. The van der Waals surface area contributed by atoms with Crippen molar-refractivity contribution in [3.63, 3.8) is 0 Å². The summed E-state index contributed by atoms with van der Waals surface area (Å²) in [6.45, 7) is 6.89. The summed E-state index contributed by atoms with van der Waals surface area (Å²) in [5.74, 6) is 3.47. The van der Waals surface area contributed by atoms with Gasteiger partial charge in [0, 0.05) is 12.1 Å². The molecule has 0 radical (unpaired) electrons. The highest BCUT2D eigenvalue weighted by atomic mass is 14.9. The third-order valence-corrected chi connectivity index (χ3v) is 4.53. The zero-order valence-corrected chi connectivity index (χ0v) is 8.20. The molecule has 2 saturated carbocycles. The average molecular weight is 168 g/mol. The molecule has 0 aromatic carbocycles. The van der Waals surface area contributed by atoms with Crippen molar-refractivity contribution < 1.29 is 0 Å². The molecule has 4 N–H and O–H groups in total. The Kier molecular flexibility index (Phi) is 1.74. The molecule has 2 nitrogen and oxygen atoms in total. The zero-order valence-electron chi connectivity index (χ0n) is 8.20. The van der Waals surface area contributed by atoms with E-state index in [9.17, 15) is 0 Å². The van der Waals surface area contributed by atoms with E-state index < -0.39 is 0 Å². The highest BCUT2D eigenvalue weighted by Crippen LogP contribution is 2.53. The Morgan fingerprint density at radius 2 is 1.08 bits per heavy atom. The predicted octanol–water partition coefficient (Wildman–Crippen LogP) is 0.809. The first-order chi connectivity index (χ1) is 5.55. The summed E-state index contributed by atoms with van der Waals surface area (Å²) in [6, 6.07) is 0.715. The van der Waals surface area contributed by atoms with Crippen LogP contribution in [-0.2, 0) is 0 Å². The van der Waals surface area contributed by atoms with Gasteiger partial charge in [-0.05, 0) is 29.6 Å². The lowest BCUT2D eigenvalue weighted by molar-refractivity contribution is 0.209. The Bertz CT molecular complexity index is 156. The van der Waals surface area contributed by atoms with Crippen molar-refractivity contribution >= 4 is 0 Å². The molecule has 70 valence electrons. The van der Waals surface area contributed by atoms with Crippen molar-refractivity contribution in [3.05, 3.63) is 0 Å². The Labute approximate surface area is 74.7 Å². The monoisotopic (exact) mass is 168 g/mol. The van der Waals surface area contributed by atoms with Crippen molar-refractivity contribution in [3.8, 4) is 0 Å². The molecule has 0 aromatic heterocycles. The number of rotatable bonds is 0. The van der Waals surface area contributed by atoms with E-state index in [-0.39, 0.29) is 0 Å². The van der Waals surface area contributed by atoms with Crippen molar-refractivity contribution in [2.24, 2.45) is 41.1 Å². The molecule has 3 unspecified atom stereocenters. The summed E-state index contributed by atoms with van der Waals surface area (Å²) in [6.07, 6.45) is 0. The molecule has 0 aromatic rings. The Morgan fingerprint density at radius 3 is 1.33 bits per heavy atom. The fraction of sp³-hybridized carbons (Fsp3) is 1.00. The van der Waals surface area contributed by atoms with Crippen LogP contribution in [0, 0.1) is 29.6 Å². The first-order valence-electron chi connectivity index (χ1n) is 5.07. The molecule has 7 atom stereocenters. The highest BCUT2D eigenvalue weighted by Gasteiger charge is 2.56. The van der Waals surface area contributed by atoms with Crippen LogP contribution in [0.2, 0.25) is 0 Å². The standard InChI is InChI=1S/C10H20N2/c1-4-7-5(2)9(11)8(4)10(12)6(7)3/h4-10H,11-12H2,1-3H3/t4?,5-,6-,7?,8?,9-,10+/m0/s1. The average Bonchev–Trinajstić information content (AvgIpc) is 2.33. The molecule has 2 aliphatic carbocycles. The van der Waals surface area contributed by atoms with Gasteiger partial charge < -0.3 is 11.5 Å². The van der Waals surface area contributed by atoms with Gasteiger partial charge in [0.05, 0.1) is 0 Å². The van der Waals surface area contributed by atoms with Crippen molar-refractivity contribution in [2.45, 2.75) is 32.9 Å². The van der Waals surface area contributed by atoms with E-state index in [1.165, 1.54) is 0 Å². The molecule has 2 heteroatoms. The SMILES string of the molecule is CC1C2[C@H](C)[C@H](N)C1[C@H](N)[C@H]2C. The van der Waals surface area contributed by atoms with E-state index in [4.69, 9.17) is 11.5 Å². The molecule has 12 heavy (non-hydrogen) atoms. The minimum atomic E-state index is 0.358. The van der Waals surface area contributed by atoms with Crippen LogP contribution < -0.4 is 11.5 Å². The van der Waals surface area contributed by atoms with Gasteiger partial charge in [-0.3, -0.25) is 0 Å². The van der Waals surface area contributed by atoms with Crippen LogP contribution >= 0.6 is 0 Å². The maximum absolute atomic E-state index is 6.13. The summed E-state index contributed by atoms with van der Waals surface area (Å²) in [5.41, 5.74) is 12.3. The van der Waals surface area contributed by atoms with Crippen LogP contribution in [0.5, 0.6) is 0 Å². The topological polar surface area (TPSA) is 52.0 Å². The largest absolute Gasteiger partial charge is 0.327 e. The molecular weight excluding hydrogens is 148 g/mol. The summed E-state index contributed by atoms with van der Waals surface area (Å²) >= 11 is 0. The molecule has 2 fully saturated rings. The maximum atomic E-state index is 6.13. The van der Waals surface area contributed by atoms with Crippen molar-refractivity contribution in [1.82, 2.24) is 0 Å². The summed E-state index contributed by atoms with van der Waals surface area (Å²) in [7, 11) is 0. The summed E-state index contributed by atoms with van der Waals surface area (Å²) in [4.78, 5) is 0. The fourth-order valence-electron chi connectivity index (χ4n) is 3.86. The Hall–Kier alpha value is -0.0800. The minimum Gasteiger partial charge on any atom is -0.327 e. The lowest BCUT2D eigenvalue weighted by Gasteiger charge is -2.34. The zero-order chi connectivity index (χ0) is 9.04. The van der Waals surface area contributed by atoms with Crippen LogP contribution in [0.25, 0.3) is 0 Å². The van der Waals surface area contributed by atoms with Gasteiger partial charge in [0.2, 0.25) is 0 Å². The van der Waals surface area contributed by atoms with Gasteiger partial charge >= 0.3 is 0 Å². The van der Waals surface area contributed by atoms with E-state index in [2.05, 4.69) is 20.8 Å². The highest BCUT2D eigenvalue weighted by molar-refractivity contribution is 5.09. The second-order valence-corrected chi connectivity index (χ2v) is 4.89. The Morgan fingerprint density at radius 1 is 0.667 bits per heavy atom. The van der Waals surface area contributed by atoms with Crippen LogP contribution in [-0.4, -0.2) is 12.1 Å². The molecular formula is C10H20N2. The van der Waals surface area contributed by atoms with Crippen LogP contribution in [0.4, 0.5) is 0 Å². The third kappa shape index (κ3) is 0.775. The number of fused-ring (bicyclic) bond motifs is 2. The van der Waals surface area contributed by atoms with Gasteiger partial charge in [0.15, 0.2) is 0 Å². The molecule has 0 spiro atoms. The van der Waals surface area contributed by atoms with Crippen molar-refractivity contribution in [1.29, 1.82) is 0 Å². The van der Waals surface area contributed by atoms with Crippen LogP contribution in [0.3, 0.4) is 0 Å². The van der Waals surface area contributed by atoms with Crippen LogP contribution in [0.1, 0.15) is 20.8 Å². The summed E-state index contributed by atoms with van der Waals surface area (Å²) in [5, 5.41) is 0. The normalized spacial score (nSPS) is 64.2. The van der Waals surface area contributed by atoms with E-state index in [1.54, 1.807) is 0 Å². The lowest BCUT2D eigenvalue weighted by atomic mass is 9.77. The molecule has 0 saturated heterocycles. The van der Waals surface area contributed by atoms with Gasteiger partial charge in [-0.2, -0.15) is 0 Å². The number of nitrogens with two attached hydrogens (primary N) is 2. The number of hydrogen-bond donors (Lipinski definition) is 2. The molecule has 0 aliphatic heterocycles. The second-order valence-electron chi connectivity index (χ2n) is 4.89. The van der Waals surface area contributed by atoms with Crippen molar-refractivity contribution in [2.75, 3.05) is 0 Å². The quantitative estimate of drug-likeness (QED) is 0.562. The fourth-order valence-corrected chi connectivity index (χ4v) is 3.86. The van der Waals surface area contributed by atoms with Gasteiger partial charge in [-0.1, -0.05) is 20.8 Å². The Balaban J connectivity index is 2.29. The predicted molar refractivity (Wildman–Crippen MR) is 50.4 cm³/mol. The molecule has 2 rings (SSSR count). The molecule has 2 bridgehead atoms. The van der Waals surface area contributed by atoms with Crippen LogP contribution in [0.15, 0.2) is 0 Å². The summed E-state index contributed by atoms with van der Waals surface area (Å²) < 4.78 is 0. The lowest BCUT2D eigenvalue weighted by Crippen LogP contribution is -2.48. The minimum absolute atomic E-state index is 0.358. The third-order valence-electron chi connectivity index (χ3n) is 4.53. The van der Waals surface area contributed by atoms with E-state index in [1.807, 2.05) is 0 Å². The van der Waals surface area contributed by atoms with E-state index in [0.29, 0.717) is 29.8 Å².